The Bertz CT molecular complexity index is 1670. The fraction of sp³-hybridized carbons (Fsp3) is 0.452. The Labute approximate surface area is 267 Å². The number of likely N-dealkylation sites (tertiary alicyclic amines) is 1. The lowest BCUT2D eigenvalue weighted by Gasteiger charge is -2.35. The summed E-state index contributed by atoms with van der Waals surface area (Å²) in [7, 11) is -0.839. The summed E-state index contributed by atoms with van der Waals surface area (Å²) in [5.74, 6) is -0.642. The van der Waals surface area contributed by atoms with Gasteiger partial charge in [-0.1, -0.05) is 12.1 Å². The van der Waals surface area contributed by atoms with Crippen molar-refractivity contribution < 1.29 is 31.1 Å². The molecule has 46 heavy (non-hydrogen) atoms. The first-order chi connectivity index (χ1) is 21.6. The predicted octanol–water partition coefficient (Wildman–Crippen LogP) is 5.17. The summed E-state index contributed by atoms with van der Waals surface area (Å²) < 4.78 is 72.7. The maximum absolute atomic E-state index is 13.9. The van der Waals surface area contributed by atoms with Crippen molar-refractivity contribution in [3.8, 4) is 5.75 Å². The van der Waals surface area contributed by atoms with E-state index in [0.29, 0.717) is 34.7 Å². The molecule has 1 aliphatic heterocycles. The van der Waals surface area contributed by atoms with Crippen molar-refractivity contribution in [2.45, 2.75) is 58.4 Å². The smallest absolute Gasteiger partial charge is 0.421 e. The number of hydrogen-bond donors (Lipinski definition) is 3. The number of amides is 1. The molecule has 0 bridgehead atoms. The third-order valence-electron chi connectivity index (χ3n) is 7.85. The van der Waals surface area contributed by atoms with E-state index < -0.39 is 27.6 Å². The first-order valence-corrected chi connectivity index (χ1v) is 16.6. The Balaban J connectivity index is 1.55. The van der Waals surface area contributed by atoms with Crippen molar-refractivity contribution in [3.63, 3.8) is 0 Å². The number of aryl methyl sites for hydroxylation is 1. The van der Waals surface area contributed by atoms with Crippen LogP contribution in [0.5, 0.6) is 5.75 Å². The van der Waals surface area contributed by atoms with E-state index in [1.54, 1.807) is 43.3 Å². The number of halogens is 3. The van der Waals surface area contributed by atoms with Gasteiger partial charge in [0, 0.05) is 44.0 Å². The van der Waals surface area contributed by atoms with Gasteiger partial charge in [-0.2, -0.15) is 18.2 Å². The molecule has 250 valence electrons. The van der Waals surface area contributed by atoms with Crippen LogP contribution in [0, 0.1) is 6.92 Å². The molecule has 4 rings (SSSR count). The number of carbonyl (C=O) groups excluding carboxylic acids is 1. The highest BCUT2D eigenvalue weighted by atomic mass is 32.2. The molecule has 11 nitrogen and oxygen atoms in total. The number of methoxy groups -OCH3 is 1. The monoisotopic (exact) mass is 663 g/mol. The highest BCUT2D eigenvalue weighted by Gasteiger charge is 2.35. The number of carbonyl (C=O) groups is 1. The van der Waals surface area contributed by atoms with Crippen molar-refractivity contribution in [2.24, 2.45) is 0 Å². The lowest BCUT2D eigenvalue weighted by Crippen LogP contribution is -2.49. The van der Waals surface area contributed by atoms with Crippen LogP contribution in [0.25, 0.3) is 0 Å². The van der Waals surface area contributed by atoms with E-state index in [2.05, 4.69) is 44.7 Å². The molecule has 0 aliphatic carbocycles. The van der Waals surface area contributed by atoms with Gasteiger partial charge in [0.1, 0.15) is 17.1 Å². The number of benzene rings is 2. The van der Waals surface area contributed by atoms with Gasteiger partial charge in [0.2, 0.25) is 16.0 Å². The molecular formula is C31H40F3N7O4S. The molecule has 0 saturated carbocycles. The average Bonchev–Trinajstić information content (AvgIpc) is 2.99. The number of alkyl halides is 3. The molecule has 15 heteroatoms. The van der Waals surface area contributed by atoms with E-state index in [0.717, 1.165) is 42.1 Å². The number of nitrogens with one attached hydrogen (secondary N) is 3. The Morgan fingerprint density at radius 3 is 2.59 bits per heavy atom. The molecular weight excluding hydrogens is 623 g/mol. The molecule has 1 unspecified atom stereocenters. The minimum Gasteiger partial charge on any atom is -0.495 e. The number of nitrogens with zero attached hydrogens (tertiary/aromatic N) is 4. The molecule has 1 aliphatic rings. The number of hydrogen-bond acceptors (Lipinski definition) is 9. The van der Waals surface area contributed by atoms with Gasteiger partial charge in [0.15, 0.2) is 0 Å². The second-order valence-electron chi connectivity index (χ2n) is 11.6. The van der Waals surface area contributed by atoms with Crippen LogP contribution in [0.3, 0.4) is 0 Å². The zero-order valence-corrected chi connectivity index (χ0v) is 27.5. The van der Waals surface area contributed by atoms with E-state index in [9.17, 15) is 26.4 Å². The molecule has 0 radical (unpaired) electrons. The van der Waals surface area contributed by atoms with Crippen LogP contribution in [0.1, 0.15) is 53.7 Å². The first-order valence-electron chi connectivity index (χ1n) is 14.8. The Kier molecular flexibility index (Phi) is 10.7. The van der Waals surface area contributed by atoms with Crippen LogP contribution >= 0.6 is 0 Å². The molecule has 1 atom stereocenters. The van der Waals surface area contributed by atoms with Crippen LogP contribution < -0.4 is 25.0 Å². The van der Waals surface area contributed by atoms with Gasteiger partial charge in [0.05, 0.1) is 24.7 Å². The number of ether oxygens (including phenoxy) is 1. The van der Waals surface area contributed by atoms with Gasteiger partial charge in [-0.05, 0) is 75.5 Å². The van der Waals surface area contributed by atoms with Gasteiger partial charge in [0.25, 0.3) is 5.91 Å². The normalized spacial score (nSPS) is 15.8. The van der Waals surface area contributed by atoms with Crippen molar-refractivity contribution in [1.29, 1.82) is 0 Å². The average molecular weight is 664 g/mol. The van der Waals surface area contributed by atoms with E-state index in [1.807, 2.05) is 0 Å². The molecule has 2 heterocycles. The van der Waals surface area contributed by atoms with Gasteiger partial charge < -0.3 is 20.7 Å². The summed E-state index contributed by atoms with van der Waals surface area (Å²) in [5.41, 5.74) is 1.16. The molecule has 1 saturated heterocycles. The third kappa shape index (κ3) is 8.57. The zero-order valence-electron chi connectivity index (χ0n) is 26.7. The standard InChI is InChI=1S/C31H40F3N7O4S/c1-19(2)41-13-7-8-23(18-41)37-29(42)21-11-12-25(27(15-21)45-5)38-30-36-17-24(31(32,33)34)28(39-30)35-16-22-10-9-20(3)14-26(22)40(4)46(6,43)44/h9-12,14-15,17,19,23H,7-8,13,16,18H2,1-6H3,(H,37,42)(H2,35,36,38,39). The van der Waals surface area contributed by atoms with E-state index in [-0.39, 0.29) is 30.2 Å². The molecule has 1 aromatic heterocycles. The lowest BCUT2D eigenvalue weighted by atomic mass is 10.0. The fourth-order valence-corrected chi connectivity index (χ4v) is 5.70. The third-order valence-corrected chi connectivity index (χ3v) is 9.04. The van der Waals surface area contributed by atoms with Crippen molar-refractivity contribution >= 4 is 39.1 Å². The highest BCUT2D eigenvalue weighted by Crippen LogP contribution is 2.36. The summed E-state index contributed by atoms with van der Waals surface area (Å²) >= 11 is 0. The summed E-state index contributed by atoms with van der Waals surface area (Å²) in [4.78, 5) is 23.3. The predicted molar refractivity (Wildman–Crippen MR) is 172 cm³/mol. The van der Waals surface area contributed by atoms with Crippen LogP contribution in [0.15, 0.2) is 42.6 Å². The van der Waals surface area contributed by atoms with E-state index >= 15 is 0 Å². The van der Waals surface area contributed by atoms with Gasteiger partial charge in [-0.15, -0.1) is 0 Å². The highest BCUT2D eigenvalue weighted by molar-refractivity contribution is 7.92. The summed E-state index contributed by atoms with van der Waals surface area (Å²) in [6, 6.07) is 10.1. The number of anilines is 4. The SMILES string of the molecule is COc1cc(C(=O)NC2CCCN(C(C)C)C2)ccc1Nc1ncc(C(F)(F)F)c(NCc2ccc(C)cc2N(C)S(C)(=O)=O)n1. The molecule has 1 amide bonds. The van der Waals surface area contributed by atoms with E-state index in [4.69, 9.17) is 4.74 Å². The molecule has 0 spiro atoms. The Morgan fingerprint density at radius 1 is 1.20 bits per heavy atom. The molecule has 3 N–H and O–H groups in total. The first kappa shape index (κ1) is 34.8. The minimum atomic E-state index is -4.77. The maximum Gasteiger partial charge on any atom is 0.421 e. The maximum atomic E-state index is 13.9. The van der Waals surface area contributed by atoms with Gasteiger partial charge >= 0.3 is 6.18 Å². The Morgan fingerprint density at radius 2 is 1.93 bits per heavy atom. The van der Waals surface area contributed by atoms with Crippen molar-refractivity contribution in [2.75, 3.05) is 48.4 Å². The summed E-state index contributed by atoms with van der Waals surface area (Å²) in [5, 5.41) is 8.68. The minimum absolute atomic E-state index is 0.0154. The van der Waals surface area contributed by atoms with Gasteiger partial charge in [-0.3, -0.25) is 14.0 Å². The van der Waals surface area contributed by atoms with E-state index in [1.165, 1.54) is 14.2 Å². The Hall–Kier alpha value is -4.11. The molecule has 3 aromatic rings. The summed E-state index contributed by atoms with van der Waals surface area (Å²) in [6.45, 7) is 7.64. The number of aromatic nitrogens is 2. The second-order valence-corrected chi connectivity index (χ2v) is 13.6. The number of piperidine rings is 1. The number of rotatable bonds is 11. The quantitative estimate of drug-likeness (QED) is 0.255. The van der Waals surface area contributed by atoms with Crippen molar-refractivity contribution in [1.82, 2.24) is 20.2 Å². The second kappa shape index (κ2) is 14.1. The summed E-state index contributed by atoms with van der Waals surface area (Å²) in [6.07, 6.45) is -1.19. The molecule has 1 fully saturated rings. The number of sulfonamides is 1. The van der Waals surface area contributed by atoms with Crippen LogP contribution in [-0.2, 0) is 22.7 Å². The lowest BCUT2D eigenvalue weighted by molar-refractivity contribution is -0.137. The largest absolute Gasteiger partial charge is 0.495 e. The van der Waals surface area contributed by atoms with Crippen molar-refractivity contribution in [3.05, 3.63) is 64.8 Å². The van der Waals surface area contributed by atoms with Crippen LogP contribution in [-0.4, -0.2) is 74.8 Å². The van der Waals surface area contributed by atoms with Gasteiger partial charge in [-0.25, -0.2) is 13.4 Å². The fourth-order valence-electron chi connectivity index (χ4n) is 5.18. The zero-order chi connectivity index (χ0) is 33.8. The molecule has 2 aromatic carbocycles. The van der Waals surface area contributed by atoms with Crippen LogP contribution in [0.2, 0.25) is 0 Å². The van der Waals surface area contributed by atoms with Crippen LogP contribution in [0.4, 0.5) is 36.3 Å². The topological polar surface area (TPSA) is 129 Å².